The van der Waals surface area contributed by atoms with Crippen LogP contribution in [0.25, 0.3) is 11.0 Å². The molecule has 1 unspecified atom stereocenters. The minimum absolute atomic E-state index is 0.109. The third-order valence-corrected chi connectivity index (χ3v) is 19.7. The van der Waals surface area contributed by atoms with Gasteiger partial charge >= 0.3 is 23.9 Å². The fraction of sp³-hybridized carbons (Fsp3) is 0.756. The molecule has 0 radical (unpaired) electrons. The third-order valence-electron chi connectivity index (χ3n) is 19.7. The standard InChI is InChI=1S/C78H136N14O25/c1-76(2,3)115-65(103)43-89-30-28-88(29-31-90(44-66(104)116-77(4,5)6)33-35-91(34-32-89)45-67(105)117-78(7,8)9)42-63(101)85-54(23-25-62(100)81-39-57(96)69(107)71(109)59(98)47-94)73(111)86-53(22-24-61(99)80-38-56(95)68(106)70(108)58(97)46-93)72(110)79-26-16-12-13-17-27-92-40-49-36-48(20-21-50(49)82-55(75(92)113)37-64(102)114-11)74(112)87(10)41-60-83-51-18-14-15-19-52(51)84-60/h14-15,18-21,36,53-59,61,68-75,79-80,82,86,93-99,106-113H,12-13,16-17,22-35,37-47H2,1-11H3,(H,81,100)(H,83,84)(H,85,101)/t53-,54-,55?,56+,57-,58+,59+,61+,68-,69-,70-,71-,72+,73+,74+,75+/m0/s1. The highest BCUT2D eigenvalue weighted by Gasteiger charge is 2.37. The SMILES string of the molecule is COC(=O)CC1Nc2ccc([C@@H](O)N(C)Cc3nc4ccccc4[nH]3)cc2CN(CCCCCCN[C@H](O)[C@H](CC[C@@H](O)NC[C@@H](O)[C@H](O)[C@@H](O)[C@H](O)CO)N[C@H](O)[C@H](CCC(=O)NC[C@H](O)[C@H](O)[C@@H](O)[C@H](O)CO)NC(=O)CN2CCN(CC(=O)OC(C)(C)C)CCN(CC(=O)OC(C)(C)C)CCN(CC(=O)OC(C)(C)C)CC2)[C@@H]1O. The van der Waals surface area contributed by atoms with Crippen molar-refractivity contribution in [2.24, 2.45) is 0 Å². The van der Waals surface area contributed by atoms with E-state index in [0.717, 1.165) is 16.6 Å². The predicted molar refractivity (Wildman–Crippen MR) is 428 cm³/mol. The summed E-state index contributed by atoms with van der Waals surface area (Å²) in [5.41, 5.74) is 1.17. The second kappa shape index (κ2) is 49.5. The van der Waals surface area contributed by atoms with E-state index in [1.807, 2.05) is 49.9 Å². The molecule has 39 nitrogen and oxygen atoms in total. The summed E-state index contributed by atoms with van der Waals surface area (Å²) in [5.74, 6) is -2.97. The minimum Gasteiger partial charge on any atom is -0.469 e. The number of nitrogens with one attached hydrogen (secondary N) is 7. The van der Waals surface area contributed by atoms with Crippen molar-refractivity contribution in [3.63, 3.8) is 0 Å². The Kier molecular flexibility index (Phi) is 42.8. The molecule has 2 aliphatic heterocycles. The zero-order valence-electron chi connectivity index (χ0n) is 69.7. The van der Waals surface area contributed by atoms with Gasteiger partial charge in [0.1, 0.15) is 90.4 Å². The molecule has 1 aromatic heterocycles. The number of aromatic amines is 1. The van der Waals surface area contributed by atoms with Crippen LogP contribution in [0.15, 0.2) is 42.5 Å². The topological polar surface area (TPSA) is 563 Å². The van der Waals surface area contributed by atoms with Gasteiger partial charge in [-0.1, -0.05) is 31.0 Å². The first-order valence-corrected chi connectivity index (χ1v) is 40.2. The second-order valence-corrected chi connectivity index (χ2v) is 33.3. The molecular weight excluding hydrogens is 1530 g/mol. The average Bonchev–Trinajstić information content (AvgIpc) is 1.70. The van der Waals surface area contributed by atoms with Gasteiger partial charge in [-0.05, 0) is 143 Å². The van der Waals surface area contributed by atoms with Crippen LogP contribution in [0.5, 0.6) is 0 Å². The summed E-state index contributed by atoms with van der Waals surface area (Å²) in [4.78, 5) is 100. The Labute approximate surface area is 685 Å². The molecule has 0 aliphatic carbocycles. The van der Waals surface area contributed by atoms with E-state index in [9.17, 15) is 105 Å². The smallest absolute Gasteiger partial charge is 0.320 e. The maximum absolute atomic E-state index is 14.8. The number of para-hydroxylation sites is 2. The molecule has 0 saturated carbocycles. The van der Waals surface area contributed by atoms with Crippen LogP contribution >= 0.6 is 0 Å². The number of hydrogen-bond acceptors (Lipinski definition) is 36. The highest BCUT2D eigenvalue weighted by Crippen LogP contribution is 2.31. The summed E-state index contributed by atoms with van der Waals surface area (Å²) in [6.07, 6.45) is -21.8. The summed E-state index contributed by atoms with van der Waals surface area (Å²) in [6, 6.07) is 9.58. The Bertz CT molecular complexity index is 3380. The predicted octanol–water partition coefficient (Wildman–Crippen LogP) is -4.90. The van der Waals surface area contributed by atoms with E-state index >= 15 is 0 Å². The van der Waals surface area contributed by atoms with Crippen molar-refractivity contribution in [1.82, 2.24) is 66.0 Å². The number of aliphatic hydroxyl groups excluding tert-OH is 15. The van der Waals surface area contributed by atoms with Gasteiger partial charge < -0.3 is 116 Å². The van der Waals surface area contributed by atoms with Crippen LogP contribution < -0.4 is 31.9 Å². The number of carbonyl (C=O) groups is 6. The number of ether oxygens (including phenoxy) is 4. The zero-order valence-corrected chi connectivity index (χ0v) is 69.7. The largest absolute Gasteiger partial charge is 0.469 e. The normalized spacial score (nSPS) is 20.1. The first-order chi connectivity index (χ1) is 54.9. The first kappa shape index (κ1) is 101. The first-order valence-electron chi connectivity index (χ1n) is 40.2. The average molecular weight is 1670 g/mol. The number of methoxy groups -OCH3 is 1. The Morgan fingerprint density at radius 2 is 1.09 bits per heavy atom. The van der Waals surface area contributed by atoms with Gasteiger partial charge in [0.2, 0.25) is 11.8 Å². The Morgan fingerprint density at radius 3 is 1.60 bits per heavy atom. The van der Waals surface area contributed by atoms with E-state index in [0.29, 0.717) is 55.8 Å². The Balaban J connectivity index is 1.39. The summed E-state index contributed by atoms with van der Waals surface area (Å²) in [5, 5.41) is 178. The lowest BCUT2D eigenvalue weighted by molar-refractivity contribution is -0.158. The van der Waals surface area contributed by atoms with Crippen molar-refractivity contribution in [2.75, 3.05) is 137 Å². The molecule has 3 heterocycles. The van der Waals surface area contributed by atoms with Gasteiger partial charge in [-0.15, -0.1) is 0 Å². The number of hydrogen-bond donors (Lipinski definition) is 22. The van der Waals surface area contributed by atoms with E-state index in [-0.39, 0.29) is 111 Å². The number of unbranched alkanes of at least 4 members (excludes halogenated alkanes) is 3. The van der Waals surface area contributed by atoms with Gasteiger partial charge in [0.15, 0.2) is 0 Å². The molecule has 3 aromatic rings. The lowest BCUT2D eigenvalue weighted by Crippen LogP contribution is -2.59. The van der Waals surface area contributed by atoms with Crippen LogP contribution in [-0.2, 0) is 60.8 Å². The molecule has 1 fully saturated rings. The molecule has 22 N–H and O–H groups in total. The van der Waals surface area contributed by atoms with Crippen LogP contribution in [-0.4, -0.2) is 392 Å². The number of esters is 4. The van der Waals surface area contributed by atoms with Crippen molar-refractivity contribution < 1.29 is 124 Å². The van der Waals surface area contributed by atoms with E-state index in [2.05, 4.69) is 41.9 Å². The number of rotatable bonds is 46. The molecular formula is C78H136N14O25. The number of nitrogens with zero attached hydrogens (tertiary/aromatic N) is 7. The number of aromatic nitrogens is 2. The number of carbonyl (C=O) groups excluding carboxylic acids is 6. The molecule has 2 aromatic carbocycles. The summed E-state index contributed by atoms with van der Waals surface area (Å²) in [6.45, 7) is 14.1. The highest BCUT2D eigenvalue weighted by atomic mass is 16.6. The summed E-state index contributed by atoms with van der Waals surface area (Å²) in [7, 11) is 3.03. The van der Waals surface area contributed by atoms with Crippen molar-refractivity contribution in [3.8, 4) is 0 Å². The van der Waals surface area contributed by atoms with Crippen molar-refractivity contribution in [3.05, 3.63) is 59.4 Å². The fourth-order valence-corrected chi connectivity index (χ4v) is 13.3. The molecule has 0 bridgehead atoms. The quantitative estimate of drug-likeness (QED) is 0.0109. The highest BCUT2D eigenvalue weighted by molar-refractivity contribution is 5.79. The molecule has 2 amide bonds. The van der Waals surface area contributed by atoms with E-state index in [1.165, 1.54) is 7.11 Å². The molecule has 5 rings (SSSR count). The molecule has 39 heteroatoms. The third kappa shape index (κ3) is 37.2. The summed E-state index contributed by atoms with van der Waals surface area (Å²) < 4.78 is 22.1. The number of anilines is 1. The van der Waals surface area contributed by atoms with E-state index in [1.54, 1.807) is 91.3 Å². The van der Waals surface area contributed by atoms with E-state index in [4.69, 9.17) is 18.9 Å². The number of H-pyrrole nitrogens is 1. The van der Waals surface area contributed by atoms with Gasteiger partial charge in [-0.25, -0.2) is 4.98 Å². The van der Waals surface area contributed by atoms with Gasteiger partial charge in [0.25, 0.3) is 0 Å². The molecule has 2 aliphatic rings. The van der Waals surface area contributed by atoms with Crippen LogP contribution in [0.1, 0.15) is 143 Å². The Hall–Kier alpha value is -6.43. The minimum atomic E-state index is -2.03. The number of amides is 2. The van der Waals surface area contributed by atoms with Crippen LogP contribution in [0.3, 0.4) is 0 Å². The van der Waals surface area contributed by atoms with Gasteiger partial charge in [-0.3, -0.25) is 74.1 Å². The lowest BCUT2D eigenvalue weighted by atomic mass is 10.0. The Morgan fingerprint density at radius 1 is 0.581 bits per heavy atom. The van der Waals surface area contributed by atoms with Gasteiger partial charge in [0, 0.05) is 96.7 Å². The molecule has 1 saturated heterocycles. The maximum atomic E-state index is 14.8. The van der Waals surface area contributed by atoms with E-state index < -0.39 is 190 Å². The van der Waals surface area contributed by atoms with Crippen molar-refractivity contribution in [2.45, 2.75) is 248 Å². The molecule has 16 atom stereocenters. The van der Waals surface area contributed by atoms with Crippen LogP contribution in [0, 0.1) is 0 Å². The zero-order chi connectivity index (χ0) is 87.1. The van der Waals surface area contributed by atoms with Crippen LogP contribution in [0.4, 0.5) is 5.69 Å². The maximum Gasteiger partial charge on any atom is 0.320 e. The van der Waals surface area contributed by atoms with Crippen molar-refractivity contribution in [1.29, 1.82) is 0 Å². The molecule has 668 valence electrons. The van der Waals surface area contributed by atoms with Gasteiger partial charge in [-0.2, -0.15) is 0 Å². The molecule has 117 heavy (non-hydrogen) atoms. The lowest BCUT2D eigenvalue weighted by Gasteiger charge is -2.35. The van der Waals surface area contributed by atoms with Crippen LogP contribution in [0.2, 0.25) is 0 Å². The molecule has 0 spiro atoms. The number of fused-ring (bicyclic) bond motifs is 2. The fourth-order valence-electron chi connectivity index (χ4n) is 13.3. The second-order valence-electron chi connectivity index (χ2n) is 33.3. The number of imidazole rings is 1. The van der Waals surface area contributed by atoms with Crippen molar-refractivity contribution >= 4 is 52.4 Å². The summed E-state index contributed by atoms with van der Waals surface area (Å²) >= 11 is 0. The monoisotopic (exact) mass is 1670 g/mol. The van der Waals surface area contributed by atoms with Gasteiger partial charge in [0.05, 0.1) is 94.8 Å². The number of aliphatic hydroxyl groups is 15. The number of benzene rings is 2.